The second-order valence-electron chi connectivity index (χ2n) is 4.80. The first kappa shape index (κ1) is 11.6. The number of rotatable bonds is 1. The molecule has 0 atom stereocenters. The van der Waals surface area contributed by atoms with Gasteiger partial charge in [-0.1, -0.05) is 56.9 Å². The van der Waals surface area contributed by atoms with Crippen LogP contribution in [0.1, 0.15) is 32.8 Å². The highest BCUT2D eigenvalue weighted by atomic mass is 14.1. The van der Waals surface area contributed by atoms with Crippen LogP contribution in [0.2, 0.25) is 0 Å². The van der Waals surface area contributed by atoms with Crippen molar-refractivity contribution in [3.8, 4) is 11.8 Å². The molecule has 0 fully saturated rings. The number of benzene rings is 1. The summed E-state index contributed by atoms with van der Waals surface area (Å²) in [6.45, 7) is 6.67. The Balaban J connectivity index is 2.47. The van der Waals surface area contributed by atoms with Crippen molar-refractivity contribution in [2.75, 3.05) is 0 Å². The molecule has 0 aliphatic heterocycles. The van der Waals surface area contributed by atoms with E-state index >= 15 is 0 Å². The highest BCUT2D eigenvalue weighted by Gasteiger charge is 2.05. The van der Waals surface area contributed by atoms with Crippen molar-refractivity contribution in [3.05, 3.63) is 48.0 Å². The SMILES string of the molecule is CC(C)(C)C/C=C/C#Cc1ccccc1. The molecular formula is C15H18. The largest absolute Gasteiger partial charge is 0.0756 e. The first-order chi connectivity index (χ1) is 7.08. The summed E-state index contributed by atoms with van der Waals surface area (Å²) >= 11 is 0. The first-order valence-corrected chi connectivity index (χ1v) is 5.29. The van der Waals surface area contributed by atoms with E-state index < -0.39 is 0 Å². The fourth-order valence-electron chi connectivity index (χ4n) is 1.12. The van der Waals surface area contributed by atoms with Gasteiger partial charge in [0.05, 0.1) is 0 Å². The predicted octanol–water partition coefficient (Wildman–Crippen LogP) is 4.03. The molecule has 0 saturated carbocycles. The lowest BCUT2D eigenvalue weighted by atomic mass is 9.92. The normalized spacial score (nSPS) is 11.1. The predicted molar refractivity (Wildman–Crippen MR) is 66.5 cm³/mol. The van der Waals surface area contributed by atoms with Crippen molar-refractivity contribution in [2.24, 2.45) is 5.41 Å². The quantitative estimate of drug-likeness (QED) is 0.598. The zero-order chi connectivity index (χ0) is 11.1. The molecule has 0 aliphatic carbocycles. The van der Waals surface area contributed by atoms with E-state index in [9.17, 15) is 0 Å². The topological polar surface area (TPSA) is 0 Å². The summed E-state index contributed by atoms with van der Waals surface area (Å²) in [6, 6.07) is 10.0. The lowest BCUT2D eigenvalue weighted by Crippen LogP contribution is -2.01. The highest BCUT2D eigenvalue weighted by Crippen LogP contribution is 2.18. The maximum absolute atomic E-state index is 3.09. The van der Waals surface area contributed by atoms with Crippen LogP contribution in [0.15, 0.2) is 42.5 Å². The molecule has 0 aromatic heterocycles. The molecule has 0 radical (unpaired) electrons. The van der Waals surface area contributed by atoms with Crippen LogP contribution < -0.4 is 0 Å². The standard InChI is InChI=1S/C15H18/c1-15(2,3)13-9-5-8-12-14-10-6-4-7-11-14/h4-7,9-11H,13H2,1-3H3/b9-5+. The summed E-state index contributed by atoms with van der Waals surface area (Å²) in [6.07, 6.45) is 5.14. The van der Waals surface area contributed by atoms with Gasteiger partial charge in [0, 0.05) is 5.56 Å². The molecule has 0 aliphatic rings. The van der Waals surface area contributed by atoms with Gasteiger partial charge in [0.2, 0.25) is 0 Å². The van der Waals surface area contributed by atoms with Gasteiger partial charge in [-0.15, -0.1) is 0 Å². The zero-order valence-corrected chi connectivity index (χ0v) is 9.75. The van der Waals surface area contributed by atoms with E-state index in [1.807, 2.05) is 36.4 Å². The third-order valence-corrected chi connectivity index (χ3v) is 1.92. The molecule has 1 aromatic carbocycles. The van der Waals surface area contributed by atoms with Crippen molar-refractivity contribution >= 4 is 0 Å². The van der Waals surface area contributed by atoms with Gasteiger partial charge >= 0.3 is 0 Å². The Bertz CT molecular complexity index is 366. The van der Waals surface area contributed by atoms with E-state index in [-0.39, 0.29) is 0 Å². The van der Waals surface area contributed by atoms with Crippen LogP contribution in [0.4, 0.5) is 0 Å². The van der Waals surface area contributed by atoms with Crippen molar-refractivity contribution in [1.82, 2.24) is 0 Å². The minimum atomic E-state index is 0.352. The first-order valence-electron chi connectivity index (χ1n) is 5.29. The molecule has 0 saturated heterocycles. The van der Waals surface area contributed by atoms with Crippen LogP contribution in [-0.4, -0.2) is 0 Å². The van der Waals surface area contributed by atoms with E-state index in [4.69, 9.17) is 0 Å². The van der Waals surface area contributed by atoms with Gasteiger partial charge in [0.15, 0.2) is 0 Å². The lowest BCUT2D eigenvalue weighted by molar-refractivity contribution is 0.420. The van der Waals surface area contributed by atoms with Crippen molar-refractivity contribution in [3.63, 3.8) is 0 Å². The molecule has 0 heterocycles. The maximum atomic E-state index is 3.09. The van der Waals surface area contributed by atoms with Gasteiger partial charge < -0.3 is 0 Å². The lowest BCUT2D eigenvalue weighted by Gasteiger charge is -2.13. The van der Waals surface area contributed by atoms with E-state index in [1.54, 1.807) is 0 Å². The smallest absolute Gasteiger partial charge is 0.0248 e. The number of hydrogen-bond acceptors (Lipinski definition) is 0. The summed E-state index contributed by atoms with van der Waals surface area (Å²) < 4.78 is 0. The Kier molecular flexibility index (Phi) is 4.18. The molecule has 0 bridgehead atoms. The monoisotopic (exact) mass is 198 g/mol. The maximum Gasteiger partial charge on any atom is 0.0248 e. The Hall–Kier alpha value is -1.48. The molecule has 0 N–H and O–H groups in total. The van der Waals surface area contributed by atoms with Crippen LogP contribution >= 0.6 is 0 Å². The summed E-state index contributed by atoms with van der Waals surface area (Å²) in [5, 5.41) is 0. The van der Waals surface area contributed by atoms with Crippen LogP contribution in [0.5, 0.6) is 0 Å². The molecule has 0 nitrogen and oxygen atoms in total. The van der Waals surface area contributed by atoms with Gasteiger partial charge in [-0.3, -0.25) is 0 Å². The number of allylic oxidation sites excluding steroid dienone is 2. The average molecular weight is 198 g/mol. The molecule has 0 spiro atoms. The minimum absolute atomic E-state index is 0.352. The molecular weight excluding hydrogens is 180 g/mol. The van der Waals surface area contributed by atoms with Gasteiger partial charge in [-0.05, 0) is 30.0 Å². The van der Waals surface area contributed by atoms with Crippen LogP contribution in [0.25, 0.3) is 0 Å². The average Bonchev–Trinajstić information content (AvgIpc) is 2.17. The third-order valence-electron chi connectivity index (χ3n) is 1.92. The second kappa shape index (κ2) is 5.41. The van der Waals surface area contributed by atoms with Crippen LogP contribution in [0.3, 0.4) is 0 Å². The fraction of sp³-hybridized carbons (Fsp3) is 0.333. The molecule has 15 heavy (non-hydrogen) atoms. The van der Waals surface area contributed by atoms with Gasteiger partial charge in [-0.2, -0.15) is 0 Å². The zero-order valence-electron chi connectivity index (χ0n) is 9.75. The van der Waals surface area contributed by atoms with E-state index in [2.05, 4.69) is 38.7 Å². The molecule has 1 aromatic rings. The van der Waals surface area contributed by atoms with E-state index in [1.165, 1.54) is 0 Å². The van der Waals surface area contributed by atoms with E-state index in [0.29, 0.717) is 5.41 Å². The summed E-state index contributed by atoms with van der Waals surface area (Å²) in [4.78, 5) is 0. The molecule has 0 unspecified atom stereocenters. The summed E-state index contributed by atoms with van der Waals surface area (Å²) in [7, 11) is 0. The molecule has 78 valence electrons. The summed E-state index contributed by atoms with van der Waals surface area (Å²) in [5.74, 6) is 6.14. The number of hydrogen-bond donors (Lipinski definition) is 0. The minimum Gasteiger partial charge on any atom is -0.0756 e. The Morgan fingerprint density at radius 2 is 1.80 bits per heavy atom. The van der Waals surface area contributed by atoms with Crippen molar-refractivity contribution in [1.29, 1.82) is 0 Å². The molecule has 0 heteroatoms. The third kappa shape index (κ3) is 5.75. The van der Waals surface area contributed by atoms with Crippen LogP contribution in [-0.2, 0) is 0 Å². The summed E-state index contributed by atoms with van der Waals surface area (Å²) in [5.41, 5.74) is 1.42. The Labute approximate surface area is 93.0 Å². The van der Waals surface area contributed by atoms with Gasteiger partial charge in [0.25, 0.3) is 0 Å². The highest BCUT2D eigenvalue weighted by molar-refractivity contribution is 5.36. The van der Waals surface area contributed by atoms with Gasteiger partial charge in [-0.25, -0.2) is 0 Å². The van der Waals surface area contributed by atoms with Crippen molar-refractivity contribution in [2.45, 2.75) is 27.2 Å². The molecule has 1 rings (SSSR count). The fourth-order valence-corrected chi connectivity index (χ4v) is 1.12. The van der Waals surface area contributed by atoms with Gasteiger partial charge in [0.1, 0.15) is 0 Å². The van der Waals surface area contributed by atoms with Crippen molar-refractivity contribution < 1.29 is 0 Å². The molecule has 0 amide bonds. The Morgan fingerprint density at radius 1 is 1.13 bits per heavy atom. The Morgan fingerprint density at radius 3 is 2.40 bits per heavy atom. The second-order valence-corrected chi connectivity index (χ2v) is 4.80. The van der Waals surface area contributed by atoms with E-state index in [0.717, 1.165) is 12.0 Å². The van der Waals surface area contributed by atoms with Crippen LogP contribution in [0, 0.1) is 17.3 Å².